The van der Waals surface area contributed by atoms with Crippen molar-refractivity contribution in [1.29, 1.82) is 0 Å². The lowest BCUT2D eigenvalue weighted by Crippen LogP contribution is -2.01. The molecule has 1 aromatic heterocycles. The number of pyridine rings is 1. The van der Waals surface area contributed by atoms with Crippen LogP contribution in [-0.4, -0.2) is 17.0 Å². The average molecular weight is 353 g/mol. The Morgan fingerprint density at radius 1 is 1.33 bits per heavy atom. The Bertz CT molecular complexity index is 649. The minimum absolute atomic E-state index is 0.0382. The molecule has 0 saturated heterocycles. The number of hydrogen-bond donors (Lipinski definition) is 0. The fourth-order valence-electron chi connectivity index (χ4n) is 1.73. The van der Waals surface area contributed by atoms with Crippen molar-refractivity contribution in [1.82, 2.24) is 4.98 Å². The molecule has 0 aliphatic carbocycles. The van der Waals surface area contributed by atoms with Crippen LogP contribution < -0.4 is 9.47 Å². The summed E-state index contributed by atoms with van der Waals surface area (Å²) in [7, 11) is 1.55. The monoisotopic (exact) mass is 352 g/mol. The lowest BCUT2D eigenvalue weighted by atomic mass is 10.2. The largest absolute Gasteiger partial charge is 0.487 e. The quantitative estimate of drug-likeness (QED) is 0.452. The number of nitrogens with zero attached hydrogens (tertiary/aromatic N) is 2. The molecule has 0 bridgehead atoms. The van der Waals surface area contributed by atoms with Gasteiger partial charge in [0.1, 0.15) is 12.4 Å². The predicted octanol–water partition coefficient (Wildman–Crippen LogP) is 3.47. The molecule has 21 heavy (non-hydrogen) atoms. The Labute approximate surface area is 130 Å². The molecule has 6 nitrogen and oxygen atoms in total. The molecule has 0 radical (unpaired) electrons. The fourth-order valence-corrected chi connectivity index (χ4v) is 2.17. The molecule has 1 heterocycles. The number of ether oxygens (including phenoxy) is 2. The number of alkyl halides is 1. The van der Waals surface area contributed by atoms with E-state index in [0.29, 0.717) is 28.2 Å². The van der Waals surface area contributed by atoms with Crippen molar-refractivity contribution in [2.75, 3.05) is 7.11 Å². The first-order valence-corrected chi connectivity index (χ1v) is 7.22. The zero-order valence-electron chi connectivity index (χ0n) is 11.3. The first-order valence-electron chi connectivity index (χ1n) is 6.10. The zero-order valence-corrected chi connectivity index (χ0v) is 12.9. The predicted molar refractivity (Wildman–Crippen MR) is 80.8 cm³/mol. The molecule has 0 amide bonds. The van der Waals surface area contributed by atoms with Crippen LogP contribution in [0.15, 0.2) is 36.4 Å². The van der Waals surface area contributed by atoms with Crippen LogP contribution in [0.3, 0.4) is 0 Å². The summed E-state index contributed by atoms with van der Waals surface area (Å²) in [5.74, 6) is 1.10. The molecule has 0 spiro atoms. The number of benzene rings is 1. The van der Waals surface area contributed by atoms with Gasteiger partial charge in [0.2, 0.25) is 5.88 Å². The number of methoxy groups -OCH3 is 1. The van der Waals surface area contributed by atoms with Gasteiger partial charge in [0.15, 0.2) is 0 Å². The SMILES string of the molecule is COc1cccc(COc2ccc([N+](=O)[O-])cc2CBr)n1. The van der Waals surface area contributed by atoms with Crippen LogP contribution in [0, 0.1) is 10.1 Å². The number of hydrogen-bond acceptors (Lipinski definition) is 5. The minimum atomic E-state index is -0.431. The summed E-state index contributed by atoms with van der Waals surface area (Å²) >= 11 is 3.30. The van der Waals surface area contributed by atoms with E-state index in [0.717, 1.165) is 0 Å². The second kappa shape index (κ2) is 7.03. The molecule has 0 N–H and O–H groups in total. The number of nitro benzene ring substituents is 1. The van der Waals surface area contributed by atoms with E-state index in [9.17, 15) is 10.1 Å². The van der Waals surface area contributed by atoms with Crippen LogP contribution in [0.25, 0.3) is 0 Å². The normalized spacial score (nSPS) is 10.2. The Morgan fingerprint density at radius 3 is 2.81 bits per heavy atom. The van der Waals surface area contributed by atoms with E-state index < -0.39 is 4.92 Å². The number of aromatic nitrogens is 1. The van der Waals surface area contributed by atoms with Crippen molar-refractivity contribution in [3.63, 3.8) is 0 Å². The van der Waals surface area contributed by atoms with Crippen LogP contribution in [0.1, 0.15) is 11.3 Å². The van der Waals surface area contributed by atoms with Gasteiger partial charge in [-0.3, -0.25) is 10.1 Å². The van der Waals surface area contributed by atoms with Gasteiger partial charge in [-0.05, 0) is 12.1 Å². The van der Waals surface area contributed by atoms with Gasteiger partial charge in [-0.1, -0.05) is 22.0 Å². The highest BCUT2D eigenvalue weighted by molar-refractivity contribution is 9.08. The third-order valence-electron chi connectivity index (χ3n) is 2.76. The standard InChI is InChI=1S/C14H13BrN2O4/c1-20-14-4-2-3-11(16-14)9-21-13-6-5-12(17(18)19)7-10(13)8-15/h2-7H,8-9H2,1H3. The second-order valence-corrected chi connectivity index (χ2v) is 4.70. The number of halogens is 1. The first-order chi connectivity index (χ1) is 10.1. The van der Waals surface area contributed by atoms with Gasteiger partial charge in [0.05, 0.1) is 17.7 Å². The molecule has 2 rings (SSSR count). The van der Waals surface area contributed by atoms with Gasteiger partial charge >= 0.3 is 0 Å². The first kappa shape index (κ1) is 15.2. The van der Waals surface area contributed by atoms with Crippen molar-refractivity contribution in [3.05, 3.63) is 57.8 Å². The topological polar surface area (TPSA) is 74.5 Å². The van der Waals surface area contributed by atoms with E-state index in [1.54, 1.807) is 19.2 Å². The zero-order chi connectivity index (χ0) is 15.2. The van der Waals surface area contributed by atoms with E-state index in [2.05, 4.69) is 20.9 Å². The third-order valence-corrected chi connectivity index (χ3v) is 3.37. The third kappa shape index (κ3) is 3.91. The molecule has 0 aliphatic rings. The van der Waals surface area contributed by atoms with Gasteiger partial charge in [-0.2, -0.15) is 0 Å². The lowest BCUT2D eigenvalue weighted by molar-refractivity contribution is -0.384. The Balaban J connectivity index is 2.13. The van der Waals surface area contributed by atoms with Crippen LogP contribution in [0.5, 0.6) is 11.6 Å². The van der Waals surface area contributed by atoms with Crippen LogP contribution in [0.2, 0.25) is 0 Å². The minimum Gasteiger partial charge on any atom is -0.487 e. The summed E-state index contributed by atoms with van der Waals surface area (Å²) in [5.41, 5.74) is 1.47. The van der Waals surface area contributed by atoms with Crippen LogP contribution >= 0.6 is 15.9 Å². The maximum Gasteiger partial charge on any atom is 0.270 e. The number of rotatable bonds is 6. The highest BCUT2D eigenvalue weighted by Crippen LogP contribution is 2.26. The Morgan fingerprint density at radius 2 is 2.14 bits per heavy atom. The van der Waals surface area contributed by atoms with E-state index in [1.165, 1.54) is 12.1 Å². The smallest absolute Gasteiger partial charge is 0.270 e. The Kier molecular flexibility index (Phi) is 5.10. The van der Waals surface area contributed by atoms with Crippen LogP contribution in [0.4, 0.5) is 5.69 Å². The highest BCUT2D eigenvalue weighted by atomic mass is 79.9. The van der Waals surface area contributed by atoms with E-state index >= 15 is 0 Å². The molecular weight excluding hydrogens is 340 g/mol. The number of nitro groups is 1. The average Bonchev–Trinajstić information content (AvgIpc) is 2.52. The highest BCUT2D eigenvalue weighted by Gasteiger charge is 2.11. The molecule has 2 aromatic rings. The summed E-state index contributed by atoms with van der Waals surface area (Å²) in [6.07, 6.45) is 0. The molecule has 1 aromatic carbocycles. The summed E-state index contributed by atoms with van der Waals surface area (Å²) < 4.78 is 10.7. The van der Waals surface area contributed by atoms with Crippen molar-refractivity contribution in [2.45, 2.75) is 11.9 Å². The van der Waals surface area contributed by atoms with Gasteiger partial charge in [0.25, 0.3) is 5.69 Å². The molecule has 0 saturated carbocycles. The van der Waals surface area contributed by atoms with Gasteiger partial charge in [0, 0.05) is 29.1 Å². The maximum atomic E-state index is 10.8. The van der Waals surface area contributed by atoms with E-state index in [4.69, 9.17) is 9.47 Å². The summed E-state index contributed by atoms with van der Waals surface area (Å²) in [4.78, 5) is 14.6. The molecule has 0 unspecified atom stereocenters. The molecule has 110 valence electrons. The molecule has 0 fully saturated rings. The van der Waals surface area contributed by atoms with Gasteiger partial charge in [-0.15, -0.1) is 0 Å². The summed E-state index contributed by atoms with van der Waals surface area (Å²) in [5, 5.41) is 11.2. The summed E-state index contributed by atoms with van der Waals surface area (Å²) in [6, 6.07) is 9.89. The summed E-state index contributed by atoms with van der Waals surface area (Å²) in [6.45, 7) is 0.259. The number of non-ortho nitro benzene ring substituents is 1. The van der Waals surface area contributed by atoms with Gasteiger partial charge in [-0.25, -0.2) is 4.98 Å². The van der Waals surface area contributed by atoms with Gasteiger partial charge < -0.3 is 9.47 Å². The molecular formula is C14H13BrN2O4. The second-order valence-electron chi connectivity index (χ2n) is 4.14. The Hall–Kier alpha value is -2.15. The van der Waals surface area contributed by atoms with E-state index in [-0.39, 0.29) is 12.3 Å². The van der Waals surface area contributed by atoms with Crippen LogP contribution in [-0.2, 0) is 11.9 Å². The van der Waals surface area contributed by atoms with Crippen molar-refractivity contribution >= 4 is 21.6 Å². The maximum absolute atomic E-state index is 10.8. The fraction of sp³-hybridized carbons (Fsp3) is 0.214. The molecule has 7 heteroatoms. The van der Waals surface area contributed by atoms with Crippen molar-refractivity contribution in [3.8, 4) is 11.6 Å². The van der Waals surface area contributed by atoms with E-state index in [1.807, 2.05) is 12.1 Å². The molecule has 0 aliphatic heterocycles. The molecule has 0 atom stereocenters. The van der Waals surface area contributed by atoms with Crippen molar-refractivity contribution in [2.24, 2.45) is 0 Å². The lowest BCUT2D eigenvalue weighted by Gasteiger charge is -2.10. The van der Waals surface area contributed by atoms with Crippen molar-refractivity contribution < 1.29 is 14.4 Å².